The van der Waals surface area contributed by atoms with Crippen LogP contribution in [0, 0.1) is 5.92 Å². The summed E-state index contributed by atoms with van der Waals surface area (Å²) in [4.78, 5) is 16.9. The van der Waals surface area contributed by atoms with E-state index in [2.05, 4.69) is 10.3 Å². The van der Waals surface area contributed by atoms with Crippen LogP contribution in [0.25, 0.3) is 0 Å². The van der Waals surface area contributed by atoms with E-state index in [1.54, 1.807) is 6.07 Å². The fourth-order valence-corrected chi connectivity index (χ4v) is 3.57. The molecule has 1 aromatic heterocycles. The van der Waals surface area contributed by atoms with Crippen LogP contribution in [0.5, 0.6) is 5.75 Å². The zero-order valence-electron chi connectivity index (χ0n) is 16.5. The minimum atomic E-state index is -0.110. The molecule has 4 rings (SSSR count). The molecule has 1 amide bonds. The molecule has 1 fully saturated rings. The fourth-order valence-electron chi connectivity index (χ4n) is 3.37. The van der Waals surface area contributed by atoms with E-state index in [9.17, 15) is 4.79 Å². The fraction of sp³-hybridized carbons (Fsp3) is 0.250. The summed E-state index contributed by atoms with van der Waals surface area (Å²) in [5.74, 6) is 1.15. The van der Waals surface area contributed by atoms with Gasteiger partial charge < -0.3 is 14.8 Å². The highest BCUT2D eigenvalue weighted by molar-refractivity contribution is 6.30. The lowest BCUT2D eigenvalue weighted by molar-refractivity contribution is -0.119. The molecule has 1 atom stereocenters. The lowest BCUT2D eigenvalue weighted by Crippen LogP contribution is -2.23. The minimum absolute atomic E-state index is 0.0493. The van der Waals surface area contributed by atoms with Gasteiger partial charge in [0.2, 0.25) is 5.91 Å². The molecule has 0 saturated carbocycles. The molecular weight excluding hydrogens is 400 g/mol. The lowest BCUT2D eigenvalue weighted by atomic mass is 10.1. The largest absolute Gasteiger partial charge is 0.489 e. The Bertz CT molecular complexity index is 1000. The maximum atomic E-state index is 12.3. The first-order valence-electron chi connectivity index (χ1n) is 9.97. The van der Waals surface area contributed by atoms with E-state index < -0.39 is 0 Å². The molecule has 2 heterocycles. The van der Waals surface area contributed by atoms with Crippen LogP contribution in [0.2, 0.25) is 5.02 Å². The summed E-state index contributed by atoms with van der Waals surface area (Å²) in [6.07, 6.45) is 1.29. The number of hydrogen-bond acceptors (Lipinski definition) is 4. The van der Waals surface area contributed by atoms with Gasteiger partial charge in [-0.2, -0.15) is 0 Å². The lowest BCUT2D eigenvalue weighted by Gasteiger charge is -2.13. The van der Waals surface area contributed by atoms with Gasteiger partial charge in [0.1, 0.15) is 18.2 Å². The third-order valence-corrected chi connectivity index (χ3v) is 5.22. The molecule has 30 heavy (non-hydrogen) atoms. The summed E-state index contributed by atoms with van der Waals surface area (Å²) in [5.41, 5.74) is 2.86. The van der Waals surface area contributed by atoms with Gasteiger partial charge in [0.25, 0.3) is 0 Å². The zero-order valence-corrected chi connectivity index (χ0v) is 17.3. The number of aromatic nitrogens is 1. The third kappa shape index (κ3) is 5.38. The second-order valence-corrected chi connectivity index (χ2v) is 7.70. The number of pyridine rings is 1. The quantitative estimate of drug-likeness (QED) is 0.589. The van der Waals surface area contributed by atoms with E-state index in [0.717, 1.165) is 29.0 Å². The van der Waals surface area contributed by atoms with E-state index in [-0.39, 0.29) is 11.8 Å². The molecule has 0 bridgehead atoms. The number of amides is 1. The molecule has 1 saturated heterocycles. The molecule has 1 unspecified atom stereocenters. The Hall–Kier alpha value is -2.89. The van der Waals surface area contributed by atoms with Crippen LogP contribution >= 0.6 is 11.6 Å². The standard InChI is InChI=1S/C24H23ClN2O3/c25-20-9-10-22(30-15-17-5-2-1-3-6-17)19(13-20)14-21-7-4-8-23(26-21)27-24(28)18-11-12-29-16-18/h1-10,13,18H,11-12,14-16H2,(H,26,27,28). The van der Waals surface area contributed by atoms with Crippen LogP contribution in [0.4, 0.5) is 5.82 Å². The van der Waals surface area contributed by atoms with Crippen LogP contribution in [-0.2, 0) is 22.6 Å². The monoisotopic (exact) mass is 422 g/mol. The van der Waals surface area contributed by atoms with Crippen LogP contribution in [0.3, 0.4) is 0 Å². The van der Waals surface area contributed by atoms with Crippen molar-refractivity contribution < 1.29 is 14.3 Å². The molecule has 1 aliphatic heterocycles. The van der Waals surface area contributed by atoms with Crippen molar-refractivity contribution in [1.82, 2.24) is 4.98 Å². The van der Waals surface area contributed by atoms with Crippen molar-refractivity contribution in [1.29, 1.82) is 0 Å². The number of nitrogens with zero attached hydrogens (tertiary/aromatic N) is 1. The third-order valence-electron chi connectivity index (χ3n) is 4.99. The Morgan fingerprint density at radius 2 is 2.00 bits per heavy atom. The summed E-state index contributed by atoms with van der Waals surface area (Å²) in [6.45, 7) is 1.57. The van der Waals surface area contributed by atoms with Crippen molar-refractivity contribution in [3.05, 3.63) is 88.6 Å². The molecule has 3 aromatic rings. The number of carbonyl (C=O) groups is 1. The number of benzene rings is 2. The highest BCUT2D eigenvalue weighted by atomic mass is 35.5. The molecule has 0 spiro atoms. The highest BCUT2D eigenvalue weighted by Gasteiger charge is 2.23. The number of ether oxygens (including phenoxy) is 2. The van der Waals surface area contributed by atoms with E-state index in [1.165, 1.54) is 0 Å². The number of hydrogen-bond donors (Lipinski definition) is 1. The SMILES string of the molecule is O=C(Nc1cccc(Cc2cc(Cl)ccc2OCc2ccccc2)n1)C1CCOC1. The van der Waals surface area contributed by atoms with E-state index in [0.29, 0.717) is 37.1 Å². The highest BCUT2D eigenvalue weighted by Crippen LogP contribution is 2.26. The van der Waals surface area contributed by atoms with Crippen molar-refractivity contribution in [2.24, 2.45) is 5.92 Å². The molecular formula is C24H23ClN2O3. The van der Waals surface area contributed by atoms with Crippen molar-refractivity contribution >= 4 is 23.3 Å². The van der Waals surface area contributed by atoms with Gasteiger partial charge in [0.15, 0.2) is 0 Å². The van der Waals surface area contributed by atoms with Crippen molar-refractivity contribution in [2.75, 3.05) is 18.5 Å². The van der Waals surface area contributed by atoms with Crippen molar-refractivity contribution in [3.63, 3.8) is 0 Å². The molecule has 1 N–H and O–H groups in total. The Morgan fingerprint density at radius 3 is 2.80 bits per heavy atom. The van der Waals surface area contributed by atoms with E-state index >= 15 is 0 Å². The van der Waals surface area contributed by atoms with Gasteiger partial charge >= 0.3 is 0 Å². The molecule has 1 aliphatic rings. The Labute approximate surface area is 181 Å². The van der Waals surface area contributed by atoms with Crippen LogP contribution in [0.1, 0.15) is 23.2 Å². The van der Waals surface area contributed by atoms with Gasteiger partial charge in [-0.3, -0.25) is 4.79 Å². The first kappa shape index (κ1) is 20.4. The maximum Gasteiger partial charge on any atom is 0.231 e. The van der Waals surface area contributed by atoms with Crippen LogP contribution in [0.15, 0.2) is 66.7 Å². The number of nitrogens with one attached hydrogen (secondary N) is 1. The van der Waals surface area contributed by atoms with Gasteiger partial charge in [0.05, 0.1) is 12.5 Å². The first-order valence-corrected chi connectivity index (χ1v) is 10.3. The topological polar surface area (TPSA) is 60.5 Å². The summed E-state index contributed by atoms with van der Waals surface area (Å²) >= 11 is 6.23. The minimum Gasteiger partial charge on any atom is -0.489 e. The normalized spacial score (nSPS) is 15.7. The molecule has 2 aromatic carbocycles. The van der Waals surface area contributed by atoms with Gasteiger partial charge in [-0.15, -0.1) is 0 Å². The Kier molecular flexibility index (Phi) is 6.62. The summed E-state index contributed by atoms with van der Waals surface area (Å²) < 4.78 is 11.3. The maximum absolute atomic E-state index is 12.3. The average molecular weight is 423 g/mol. The predicted molar refractivity (Wildman–Crippen MR) is 117 cm³/mol. The smallest absolute Gasteiger partial charge is 0.231 e. The van der Waals surface area contributed by atoms with Gasteiger partial charge in [-0.1, -0.05) is 48.0 Å². The Morgan fingerprint density at radius 1 is 1.13 bits per heavy atom. The number of carbonyl (C=O) groups excluding carboxylic acids is 1. The molecule has 154 valence electrons. The number of anilines is 1. The van der Waals surface area contributed by atoms with E-state index in [4.69, 9.17) is 21.1 Å². The second-order valence-electron chi connectivity index (χ2n) is 7.27. The summed E-state index contributed by atoms with van der Waals surface area (Å²) in [5, 5.41) is 3.54. The van der Waals surface area contributed by atoms with Gasteiger partial charge in [0, 0.05) is 29.3 Å². The van der Waals surface area contributed by atoms with Gasteiger partial charge in [-0.05, 0) is 42.3 Å². The molecule has 6 heteroatoms. The molecule has 0 radical (unpaired) electrons. The molecule has 0 aliphatic carbocycles. The molecule has 5 nitrogen and oxygen atoms in total. The predicted octanol–water partition coefficient (Wildman–Crippen LogP) is 4.88. The summed E-state index contributed by atoms with van der Waals surface area (Å²) in [7, 11) is 0. The van der Waals surface area contributed by atoms with Crippen LogP contribution in [-0.4, -0.2) is 24.1 Å². The van der Waals surface area contributed by atoms with Gasteiger partial charge in [-0.25, -0.2) is 4.98 Å². The van der Waals surface area contributed by atoms with Crippen molar-refractivity contribution in [2.45, 2.75) is 19.4 Å². The Balaban J connectivity index is 1.46. The summed E-state index contributed by atoms with van der Waals surface area (Å²) in [6, 6.07) is 21.2. The average Bonchev–Trinajstić information content (AvgIpc) is 3.29. The first-order chi connectivity index (χ1) is 14.7. The van der Waals surface area contributed by atoms with E-state index in [1.807, 2.05) is 60.7 Å². The second kappa shape index (κ2) is 9.74. The number of rotatable bonds is 7. The zero-order chi connectivity index (χ0) is 20.8. The van der Waals surface area contributed by atoms with Crippen LogP contribution < -0.4 is 10.1 Å². The van der Waals surface area contributed by atoms with Crippen molar-refractivity contribution in [3.8, 4) is 5.75 Å². The number of halogens is 1.